The fourth-order valence-corrected chi connectivity index (χ4v) is 3.37. The van der Waals surface area contributed by atoms with Crippen molar-refractivity contribution in [1.29, 1.82) is 0 Å². The van der Waals surface area contributed by atoms with Gasteiger partial charge in [0.15, 0.2) is 11.5 Å². The van der Waals surface area contributed by atoms with Gasteiger partial charge >= 0.3 is 0 Å². The number of halogens is 1. The SMILES string of the molecule is COc1cc(CNCC2(O)CCCC2)cc(Br)c1OC. The molecule has 1 aromatic rings. The first-order chi connectivity index (χ1) is 9.58. The molecule has 0 atom stereocenters. The van der Waals surface area contributed by atoms with Crippen LogP contribution in [0.5, 0.6) is 11.5 Å². The molecule has 0 bridgehead atoms. The van der Waals surface area contributed by atoms with E-state index in [0.29, 0.717) is 24.6 Å². The first-order valence-corrected chi connectivity index (χ1v) is 7.71. The average molecular weight is 344 g/mol. The minimum atomic E-state index is -0.520. The summed E-state index contributed by atoms with van der Waals surface area (Å²) < 4.78 is 11.5. The van der Waals surface area contributed by atoms with Gasteiger partial charge in [0.25, 0.3) is 0 Å². The van der Waals surface area contributed by atoms with Crippen molar-refractivity contribution in [3.05, 3.63) is 22.2 Å². The summed E-state index contributed by atoms with van der Waals surface area (Å²) in [6.07, 6.45) is 4.05. The largest absolute Gasteiger partial charge is 0.493 e. The van der Waals surface area contributed by atoms with Gasteiger partial charge in [-0.25, -0.2) is 0 Å². The Hall–Kier alpha value is -0.780. The summed E-state index contributed by atoms with van der Waals surface area (Å²) in [6.45, 7) is 1.33. The van der Waals surface area contributed by atoms with E-state index >= 15 is 0 Å². The van der Waals surface area contributed by atoms with Crippen LogP contribution in [0.2, 0.25) is 0 Å². The van der Waals surface area contributed by atoms with Gasteiger partial charge in [-0.2, -0.15) is 0 Å². The fraction of sp³-hybridized carbons (Fsp3) is 0.600. The summed E-state index contributed by atoms with van der Waals surface area (Å²) in [4.78, 5) is 0. The smallest absolute Gasteiger partial charge is 0.174 e. The van der Waals surface area contributed by atoms with Crippen molar-refractivity contribution in [2.24, 2.45) is 0 Å². The molecule has 112 valence electrons. The number of nitrogens with one attached hydrogen (secondary N) is 1. The van der Waals surface area contributed by atoms with Gasteiger partial charge in [0, 0.05) is 13.1 Å². The van der Waals surface area contributed by atoms with Crippen molar-refractivity contribution < 1.29 is 14.6 Å². The van der Waals surface area contributed by atoms with E-state index in [4.69, 9.17) is 9.47 Å². The second kappa shape index (κ2) is 6.78. The first kappa shape index (κ1) is 15.6. The van der Waals surface area contributed by atoms with Crippen LogP contribution in [0.3, 0.4) is 0 Å². The van der Waals surface area contributed by atoms with Gasteiger partial charge < -0.3 is 19.9 Å². The molecule has 1 aliphatic carbocycles. The van der Waals surface area contributed by atoms with Gasteiger partial charge in [0.05, 0.1) is 24.3 Å². The van der Waals surface area contributed by atoms with Crippen molar-refractivity contribution in [2.45, 2.75) is 37.8 Å². The van der Waals surface area contributed by atoms with Crippen LogP contribution in [0.25, 0.3) is 0 Å². The topological polar surface area (TPSA) is 50.7 Å². The highest BCUT2D eigenvalue weighted by Gasteiger charge is 2.30. The predicted molar refractivity (Wildman–Crippen MR) is 82.4 cm³/mol. The Morgan fingerprint density at radius 2 is 1.95 bits per heavy atom. The third-order valence-electron chi connectivity index (χ3n) is 3.81. The molecule has 0 radical (unpaired) electrons. The summed E-state index contributed by atoms with van der Waals surface area (Å²) in [5.41, 5.74) is 0.574. The molecule has 2 rings (SSSR count). The minimum Gasteiger partial charge on any atom is -0.493 e. The van der Waals surface area contributed by atoms with Crippen LogP contribution in [-0.2, 0) is 6.54 Å². The number of rotatable bonds is 6. The van der Waals surface area contributed by atoms with Crippen LogP contribution < -0.4 is 14.8 Å². The monoisotopic (exact) mass is 343 g/mol. The molecule has 0 unspecified atom stereocenters. The molecule has 20 heavy (non-hydrogen) atoms. The zero-order chi connectivity index (χ0) is 14.6. The highest BCUT2D eigenvalue weighted by molar-refractivity contribution is 9.10. The average Bonchev–Trinajstić information content (AvgIpc) is 2.85. The zero-order valence-corrected chi connectivity index (χ0v) is 13.6. The van der Waals surface area contributed by atoms with Crippen molar-refractivity contribution >= 4 is 15.9 Å². The van der Waals surface area contributed by atoms with E-state index in [9.17, 15) is 5.11 Å². The number of methoxy groups -OCH3 is 2. The van der Waals surface area contributed by atoms with E-state index in [1.807, 2.05) is 12.1 Å². The normalized spacial score (nSPS) is 17.2. The summed E-state index contributed by atoms with van der Waals surface area (Å²) in [6, 6.07) is 3.96. The van der Waals surface area contributed by atoms with Crippen LogP contribution in [0.1, 0.15) is 31.2 Å². The Balaban J connectivity index is 1.97. The molecule has 1 aliphatic rings. The molecular formula is C15H22BrNO3. The van der Waals surface area contributed by atoms with Gasteiger partial charge in [-0.05, 0) is 46.5 Å². The van der Waals surface area contributed by atoms with Gasteiger partial charge in [0.1, 0.15) is 0 Å². The molecule has 0 spiro atoms. The summed E-state index contributed by atoms with van der Waals surface area (Å²) in [7, 11) is 3.25. The van der Waals surface area contributed by atoms with Gasteiger partial charge in [0.2, 0.25) is 0 Å². The highest BCUT2D eigenvalue weighted by atomic mass is 79.9. The number of hydrogen-bond acceptors (Lipinski definition) is 4. The Morgan fingerprint density at radius 3 is 2.55 bits per heavy atom. The number of hydrogen-bond donors (Lipinski definition) is 2. The van der Waals surface area contributed by atoms with Crippen LogP contribution in [0.15, 0.2) is 16.6 Å². The van der Waals surface area contributed by atoms with E-state index < -0.39 is 5.60 Å². The minimum absolute atomic E-state index is 0.520. The van der Waals surface area contributed by atoms with Crippen molar-refractivity contribution in [1.82, 2.24) is 5.32 Å². The fourth-order valence-electron chi connectivity index (χ4n) is 2.72. The van der Waals surface area contributed by atoms with Gasteiger partial charge in [-0.1, -0.05) is 12.8 Å². The Morgan fingerprint density at radius 1 is 1.25 bits per heavy atom. The quantitative estimate of drug-likeness (QED) is 0.833. The number of ether oxygens (including phenoxy) is 2. The van der Waals surface area contributed by atoms with E-state index in [0.717, 1.165) is 35.7 Å². The van der Waals surface area contributed by atoms with E-state index in [2.05, 4.69) is 21.2 Å². The van der Waals surface area contributed by atoms with Crippen LogP contribution in [-0.4, -0.2) is 31.5 Å². The summed E-state index contributed by atoms with van der Waals surface area (Å²) in [5.74, 6) is 1.41. The second-order valence-corrected chi connectivity index (χ2v) is 6.20. The molecule has 1 aromatic carbocycles. The van der Waals surface area contributed by atoms with Crippen LogP contribution in [0, 0.1) is 0 Å². The van der Waals surface area contributed by atoms with Gasteiger partial charge in [-0.15, -0.1) is 0 Å². The van der Waals surface area contributed by atoms with Crippen molar-refractivity contribution in [3.8, 4) is 11.5 Å². The second-order valence-electron chi connectivity index (χ2n) is 5.35. The standard InChI is InChI=1S/C15H22BrNO3/c1-19-13-8-11(7-12(16)14(13)20-2)9-17-10-15(18)5-3-4-6-15/h7-8,17-18H,3-6,9-10H2,1-2H3. The molecule has 0 aliphatic heterocycles. The molecule has 4 nitrogen and oxygen atoms in total. The Labute approximate surface area is 128 Å². The lowest BCUT2D eigenvalue weighted by molar-refractivity contribution is 0.0475. The molecule has 2 N–H and O–H groups in total. The number of aliphatic hydroxyl groups is 1. The lowest BCUT2D eigenvalue weighted by atomic mass is 10.0. The van der Waals surface area contributed by atoms with Crippen molar-refractivity contribution in [2.75, 3.05) is 20.8 Å². The Kier molecular flexibility index (Phi) is 5.29. The first-order valence-electron chi connectivity index (χ1n) is 6.91. The van der Waals surface area contributed by atoms with E-state index in [1.165, 1.54) is 0 Å². The number of benzene rings is 1. The summed E-state index contributed by atoms with van der Waals surface area (Å²) in [5, 5.41) is 13.6. The molecule has 0 amide bonds. The summed E-state index contributed by atoms with van der Waals surface area (Å²) >= 11 is 3.49. The maximum atomic E-state index is 10.3. The highest BCUT2D eigenvalue weighted by Crippen LogP contribution is 2.36. The molecule has 5 heteroatoms. The maximum Gasteiger partial charge on any atom is 0.174 e. The lowest BCUT2D eigenvalue weighted by Gasteiger charge is -2.22. The molecule has 1 fully saturated rings. The third kappa shape index (κ3) is 3.65. The molecule has 1 saturated carbocycles. The van der Waals surface area contributed by atoms with E-state index in [-0.39, 0.29) is 0 Å². The Bertz CT molecular complexity index is 459. The van der Waals surface area contributed by atoms with Gasteiger partial charge in [-0.3, -0.25) is 0 Å². The molecule has 0 aromatic heterocycles. The van der Waals surface area contributed by atoms with Crippen LogP contribution in [0.4, 0.5) is 0 Å². The molecular weight excluding hydrogens is 322 g/mol. The van der Waals surface area contributed by atoms with Crippen molar-refractivity contribution in [3.63, 3.8) is 0 Å². The predicted octanol–water partition coefficient (Wildman–Crippen LogP) is 2.86. The third-order valence-corrected chi connectivity index (χ3v) is 4.40. The lowest BCUT2D eigenvalue weighted by Crippen LogP contribution is -2.37. The molecule has 0 saturated heterocycles. The molecule has 0 heterocycles. The zero-order valence-electron chi connectivity index (χ0n) is 12.0. The maximum absolute atomic E-state index is 10.3. The van der Waals surface area contributed by atoms with Crippen LogP contribution >= 0.6 is 15.9 Å². The van der Waals surface area contributed by atoms with E-state index in [1.54, 1.807) is 14.2 Å².